The normalized spacial score (nSPS) is 18.2. The van der Waals surface area contributed by atoms with Gasteiger partial charge in [-0.05, 0) is 43.7 Å². The van der Waals surface area contributed by atoms with Crippen LogP contribution in [0.3, 0.4) is 0 Å². The van der Waals surface area contributed by atoms with E-state index in [-0.39, 0.29) is 11.7 Å². The molecule has 1 saturated heterocycles. The molecule has 0 amide bonds. The van der Waals surface area contributed by atoms with Gasteiger partial charge in [-0.15, -0.1) is 0 Å². The van der Waals surface area contributed by atoms with E-state index in [4.69, 9.17) is 0 Å². The van der Waals surface area contributed by atoms with E-state index in [0.29, 0.717) is 12.2 Å². The van der Waals surface area contributed by atoms with Crippen molar-refractivity contribution in [1.82, 2.24) is 15.1 Å². The highest BCUT2D eigenvalue weighted by Gasteiger charge is 2.25. The van der Waals surface area contributed by atoms with Crippen LogP contribution in [0.4, 0.5) is 10.1 Å². The van der Waals surface area contributed by atoms with Gasteiger partial charge in [0, 0.05) is 18.0 Å². The van der Waals surface area contributed by atoms with E-state index < -0.39 is 10.0 Å². The number of rotatable bonds is 4. The molecule has 2 heterocycles. The second-order valence-corrected chi connectivity index (χ2v) is 8.20. The predicted octanol–water partition coefficient (Wildman–Crippen LogP) is 2.15. The van der Waals surface area contributed by atoms with Crippen LogP contribution in [0.15, 0.2) is 30.5 Å². The second kappa shape index (κ2) is 7.89. The first-order valence-electron chi connectivity index (χ1n) is 8.38. The average Bonchev–Trinajstić information content (AvgIpc) is 3.03. The van der Waals surface area contributed by atoms with Gasteiger partial charge in [-0.2, -0.15) is 5.10 Å². The number of aromatic amines is 1. The molecule has 138 valence electrons. The first kappa shape index (κ1) is 18.4. The Hall–Kier alpha value is -2.37. The maximum atomic E-state index is 12.9. The minimum absolute atomic E-state index is 0.170. The molecule has 8 heteroatoms. The standard InChI is InChI=1S/C18H21FN4O2S/c1-26(24,25)22-17-12-20-21-18(17)15-5-3-11-23(13-15)10-2-4-14-6-8-16(19)9-7-14/h6-9,12,15,22H,3,5,10-11,13H2,1H3,(H,20,21)/t15-/m1/s1. The molecule has 2 aromatic rings. The number of nitrogens with one attached hydrogen (secondary N) is 2. The summed E-state index contributed by atoms with van der Waals surface area (Å²) < 4.78 is 38.4. The van der Waals surface area contributed by atoms with Gasteiger partial charge in [0.15, 0.2) is 0 Å². The van der Waals surface area contributed by atoms with Crippen molar-refractivity contribution in [2.24, 2.45) is 0 Å². The summed E-state index contributed by atoms with van der Waals surface area (Å²) in [6, 6.07) is 6.12. The van der Waals surface area contributed by atoms with Crippen molar-refractivity contribution < 1.29 is 12.8 Å². The molecule has 6 nitrogen and oxygen atoms in total. The lowest BCUT2D eigenvalue weighted by atomic mass is 9.94. The van der Waals surface area contributed by atoms with Gasteiger partial charge in [0.2, 0.25) is 10.0 Å². The summed E-state index contributed by atoms with van der Waals surface area (Å²) >= 11 is 0. The molecular formula is C18H21FN4O2S. The molecule has 1 aliphatic heterocycles. The van der Waals surface area contributed by atoms with Gasteiger partial charge in [0.25, 0.3) is 0 Å². The number of hydrogen-bond donors (Lipinski definition) is 2. The number of benzene rings is 1. The van der Waals surface area contributed by atoms with Crippen LogP contribution in [-0.4, -0.2) is 49.4 Å². The fourth-order valence-corrected chi connectivity index (χ4v) is 3.67. The van der Waals surface area contributed by atoms with Gasteiger partial charge >= 0.3 is 0 Å². The highest BCUT2D eigenvalue weighted by Crippen LogP contribution is 2.30. The largest absolute Gasteiger partial charge is 0.292 e. The van der Waals surface area contributed by atoms with Crippen LogP contribution in [-0.2, 0) is 10.0 Å². The summed E-state index contributed by atoms with van der Waals surface area (Å²) in [4.78, 5) is 2.23. The summed E-state index contributed by atoms with van der Waals surface area (Å²) in [6.07, 6.45) is 4.59. The quantitative estimate of drug-likeness (QED) is 0.802. The topological polar surface area (TPSA) is 78.1 Å². The van der Waals surface area contributed by atoms with Crippen LogP contribution < -0.4 is 4.72 Å². The number of likely N-dealkylation sites (tertiary alicyclic amines) is 1. The van der Waals surface area contributed by atoms with Crippen LogP contribution in [0.2, 0.25) is 0 Å². The Labute approximate surface area is 152 Å². The second-order valence-electron chi connectivity index (χ2n) is 6.45. The Balaban J connectivity index is 1.63. The van der Waals surface area contributed by atoms with Crippen LogP contribution in [0.25, 0.3) is 0 Å². The first-order chi connectivity index (χ1) is 12.4. The lowest BCUT2D eigenvalue weighted by Gasteiger charge is -2.31. The van der Waals surface area contributed by atoms with E-state index >= 15 is 0 Å². The van der Waals surface area contributed by atoms with Crippen LogP contribution in [0.5, 0.6) is 0 Å². The fourth-order valence-electron chi connectivity index (χ4n) is 3.11. The third-order valence-corrected chi connectivity index (χ3v) is 4.85. The van der Waals surface area contributed by atoms with Crippen LogP contribution >= 0.6 is 0 Å². The molecule has 1 aromatic heterocycles. The van der Waals surface area contributed by atoms with Crippen molar-refractivity contribution in [3.8, 4) is 11.8 Å². The summed E-state index contributed by atoms with van der Waals surface area (Å²) in [5.74, 6) is 6.07. The number of H-pyrrole nitrogens is 1. The fraction of sp³-hybridized carbons (Fsp3) is 0.389. The average molecular weight is 376 g/mol. The van der Waals surface area contributed by atoms with Crippen molar-refractivity contribution in [3.63, 3.8) is 0 Å². The van der Waals surface area contributed by atoms with Gasteiger partial charge in [-0.3, -0.25) is 14.7 Å². The lowest BCUT2D eigenvalue weighted by Crippen LogP contribution is -2.35. The van der Waals surface area contributed by atoms with Crippen molar-refractivity contribution in [3.05, 3.63) is 47.5 Å². The van der Waals surface area contributed by atoms with Gasteiger partial charge in [0.05, 0.1) is 30.4 Å². The third-order valence-electron chi connectivity index (χ3n) is 4.26. The Bertz CT molecular complexity index is 913. The summed E-state index contributed by atoms with van der Waals surface area (Å²) in [7, 11) is -3.34. The summed E-state index contributed by atoms with van der Waals surface area (Å²) in [5.41, 5.74) is 2.11. The van der Waals surface area contributed by atoms with Crippen molar-refractivity contribution in [1.29, 1.82) is 0 Å². The summed E-state index contributed by atoms with van der Waals surface area (Å²) in [5, 5.41) is 6.92. The van der Waals surface area contributed by atoms with E-state index in [2.05, 4.69) is 31.7 Å². The zero-order valence-corrected chi connectivity index (χ0v) is 15.3. The maximum absolute atomic E-state index is 12.9. The van der Waals surface area contributed by atoms with Crippen molar-refractivity contribution in [2.45, 2.75) is 18.8 Å². The summed E-state index contributed by atoms with van der Waals surface area (Å²) in [6.45, 7) is 2.33. The van der Waals surface area contributed by atoms with Crippen LogP contribution in [0, 0.1) is 17.7 Å². The van der Waals surface area contributed by atoms with E-state index in [1.807, 2.05) is 0 Å². The molecule has 3 rings (SSSR count). The molecule has 1 aromatic carbocycles. The van der Waals surface area contributed by atoms with E-state index in [0.717, 1.165) is 43.4 Å². The molecule has 0 bridgehead atoms. The number of piperidine rings is 1. The SMILES string of the molecule is CS(=O)(=O)Nc1cn[nH]c1[C@@H]1CCCN(CC#Cc2ccc(F)cc2)C1. The molecule has 0 radical (unpaired) electrons. The Morgan fingerprint density at radius 1 is 1.38 bits per heavy atom. The smallest absolute Gasteiger partial charge is 0.229 e. The molecule has 0 spiro atoms. The highest BCUT2D eigenvalue weighted by molar-refractivity contribution is 7.92. The van der Waals surface area contributed by atoms with E-state index in [9.17, 15) is 12.8 Å². The molecule has 1 fully saturated rings. The van der Waals surface area contributed by atoms with E-state index in [1.54, 1.807) is 12.1 Å². The van der Waals surface area contributed by atoms with Crippen molar-refractivity contribution in [2.75, 3.05) is 30.6 Å². The molecule has 1 atom stereocenters. The minimum atomic E-state index is -3.34. The zero-order chi connectivity index (χ0) is 18.6. The number of sulfonamides is 1. The predicted molar refractivity (Wildman–Crippen MR) is 98.7 cm³/mol. The third kappa shape index (κ3) is 5.07. The van der Waals surface area contributed by atoms with Gasteiger partial charge in [-0.1, -0.05) is 11.8 Å². The number of anilines is 1. The van der Waals surface area contributed by atoms with Gasteiger partial charge < -0.3 is 0 Å². The molecule has 0 saturated carbocycles. The first-order valence-corrected chi connectivity index (χ1v) is 10.3. The van der Waals surface area contributed by atoms with Crippen LogP contribution in [0.1, 0.15) is 30.0 Å². The zero-order valence-electron chi connectivity index (χ0n) is 14.5. The number of hydrogen-bond acceptors (Lipinski definition) is 4. The molecule has 26 heavy (non-hydrogen) atoms. The van der Waals surface area contributed by atoms with Crippen molar-refractivity contribution >= 4 is 15.7 Å². The monoisotopic (exact) mass is 376 g/mol. The number of halogens is 1. The maximum Gasteiger partial charge on any atom is 0.229 e. The lowest BCUT2D eigenvalue weighted by molar-refractivity contribution is 0.229. The molecule has 0 aliphatic carbocycles. The molecular weight excluding hydrogens is 355 g/mol. The Kier molecular flexibility index (Phi) is 5.59. The minimum Gasteiger partial charge on any atom is -0.292 e. The molecule has 2 N–H and O–H groups in total. The number of nitrogens with zero attached hydrogens (tertiary/aromatic N) is 2. The van der Waals surface area contributed by atoms with Gasteiger partial charge in [0.1, 0.15) is 5.82 Å². The van der Waals surface area contributed by atoms with E-state index in [1.165, 1.54) is 18.3 Å². The molecule has 1 aliphatic rings. The Morgan fingerprint density at radius 2 is 2.15 bits per heavy atom. The highest BCUT2D eigenvalue weighted by atomic mass is 32.2. The molecule has 0 unspecified atom stereocenters. The van der Waals surface area contributed by atoms with Gasteiger partial charge in [-0.25, -0.2) is 12.8 Å². The number of aromatic nitrogens is 2. The Morgan fingerprint density at radius 3 is 2.88 bits per heavy atom.